The van der Waals surface area contributed by atoms with Crippen molar-refractivity contribution in [2.75, 3.05) is 0 Å². The van der Waals surface area contributed by atoms with Crippen LogP contribution in [0.5, 0.6) is 0 Å². The van der Waals surface area contributed by atoms with E-state index in [0.717, 1.165) is 12.1 Å². The summed E-state index contributed by atoms with van der Waals surface area (Å²) in [5.74, 6) is -0.408. The second-order valence-corrected chi connectivity index (χ2v) is 3.65. The van der Waals surface area contributed by atoms with Crippen LogP contribution in [0, 0.1) is 0 Å². The number of rotatable bonds is 3. The van der Waals surface area contributed by atoms with Crippen molar-refractivity contribution >= 4 is 17.2 Å². The first kappa shape index (κ1) is 11.8. The number of amides is 1. The molecule has 0 spiro atoms. The predicted molar refractivity (Wildman–Crippen MR) is 51.4 cm³/mol. The fourth-order valence-corrected chi connectivity index (χ4v) is 1.66. The lowest BCUT2D eigenvalue weighted by atomic mass is 10.3. The van der Waals surface area contributed by atoms with Crippen LogP contribution in [-0.2, 0) is 17.5 Å². The second kappa shape index (κ2) is 4.48. The molecular formula is C9H8F3NOS. The molecule has 0 aromatic carbocycles. The van der Waals surface area contributed by atoms with E-state index in [-0.39, 0.29) is 6.54 Å². The van der Waals surface area contributed by atoms with Gasteiger partial charge in [0.25, 0.3) is 0 Å². The molecular weight excluding hydrogens is 227 g/mol. The third kappa shape index (κ3) is 3.39. The Hall–Kier alpha value is -1.30. The van der Waals surface area contributed by atoms with Gasteiger partial charge >= 0.3 is 6.18 Å². The standard InChI is InChI=1S/C9H8F3NOS/c1-2-8(14)13-4-6-3-7(15-5-6)9(10,11)12/h2-3,5H,1,4H2,(H,13,14). The Balaban J connectivity index is 2.61. The fraction of sp³-hybridized carbons (Fsp3) is 0.222. The minimum Gasteiger partial charge on any atom is -0.348 e. The molecule has 0 saturated heterocycles. The molecule has 0 radical (unpaired) electrons. The monoisotopic (exact) mass is 235 g/mol. The van der Waals surface area contributed by atoms with E-state index in [4.69, 9.17) is 0 Å². The summed E-state index contributed by atoms with van der Waals surface area (Å²) >= 11 is 0.614. The molecule has 1 rings (SSSR count). The number of alkyl halides is 3. The summed E-state index contributed by atoms with van der Waals surface area (Å²) in [4.78, 5) is 10.1. The van der Waals surface area contributed by atoms with Gasteiger partial charge in [0.1, 0.15) is 4.88 Å². The minimum absolute atomic E-state index is 0.0808. The van der Waals surface area contributed by atoms with Gasteiger partial charge in [-0.3, -0.25) is 4.79 Å². The van der Waals surface area contributed by atoms with Gasteiger partial charge < -0.3 is 5.32 Å². The van der Waals surface area contributed by atoms with Crippen molar-refractivity contribution in [3.05, 3.63) is 34.5 Å². The number of halogens is 3. The van der Waals surface area contributed by atoms with E-state index in [1.54, 1.807) is 0 Å². The normalized spacial score (nSPS) is 11.1. The zero-order chi connectivity index (χ0) is 11.5. The van der Waals surface area contributed by atoms with Crippen LogP contribution in [0.4, 0.5) is 13.2 Å². The van der Waals surface area contributed by atoms with Gasteiger partial charge in [-0.1, -0.05) is 6.58 Å². The molecule has 0 aliphatic heterocycles. The summed E-state index contributed by atoms with van der Waals surface area (Å²) in [6, 6.07) is 1.02. The van der Waals surface area contributed by atoms with Crippen LogP contribution in [0.3, 0.4) is 0 Å². The van der Waals surface area contributed by atoms with Crippen molar-refractivity contribution in [2.24, 2.45) is 0 Å². The van der Waals surface area contributed by atoms with Gasteiger partial charge in [-0.25, -0.2) is 0 Å². The quantitative estimate of drug-likeness (QED) is 0.801. The van der Waals surface area contributed by atoms with Crippen molar-refractivity contribution in [2.45, 2.75) is 12.7 Å². The molecule has 0 bridgehead atoms. The number of carbonyl (C=O) groups excluding carboxylic acids is 1. The van der Waals surface area contributed by atoms with Gasteiger partial charge in [-0.05, 0) is 23.1 Å². The molecule has 1 heterocycles. The molecule has 15 heavy (non-hydrogen) atoms. The van der Waals surface area contributed by atoms with Gasteiger partial charge in [0, 0.05) is 6.54 Å². The molecule has 1 amide bonds. The zero-order valence-corrected chi connectivity index (χ0v) is 8.41. The number of thiophene rings is 1. The smallest absolute Gasteiger partial charge is 0.348 e. The Labute approximate surface area is 88.4 Å². The summed E-state index contributed by atoms with van der Waals surface area (Å²) < 4.78 is 36.5. The maximum absolute atomic E-state index is 12.2. The summed E-state index contributed by atoms with van der Waals surface area (Å²) in [5, 5.41) is 3.76. The van der Waals surface area contributed by atoms with E-state index in [9.17, 15) is 18.0 Å². The molecule has 0 aliphatic carbocycles. The van der Waals surface area contributed by atoms with Crippen LogP contribution in [-0.4, -0.2) is 5.91 Å². The minimum atomic E-state index is -4.31. The number of hydrogen-bond acceptors (Lipinski definition) is 2. The zero-order valence-electron chi connectivity index (χ0n) is 7.60. The molecule has 6 heteroatoms. The van der Waals surface area contributed by atoms with Crippen molar-refractivity contribution in [3.63, 3.8) is 0 Å². The van der Waals surface area contributed by atoms with Gasteiger partial charge in [0.15, 0.2) is 0 Å². The third-order valence-corrected chi connectivity index (χ3v) is 2.61. The molecule has 0 aliphatic rings. The fourth-order valence-electron chi connectivity index (χ4n) is 0.878. The Morgan fingerprint density at radius 2 is 2.27 bits per heavy atom. The average Bonchev–Trinajstić information content (AvgIpc) is 2.61. The predicted octanol–water partition coefficient (Wildman–Crippen LogP) is 2.57. The first-order chi connectivity index (χ1) is 6.93. The van der Waals surface area contributed by atoms with Crippen LogP contribution in [0.15, 0.2) is 24.1 Å². The van der Waals surface area contributed by atoms with E-state index in [2.05, 4.69) is 11.9 Å². The molecule has 0 saturated carbocycles. The molecule has 0 fully saturated rings. The van der Waals surface area contributed by atoms with E-state index in [1.807, 2.05) is 0 Å². The summed E-state index contributed by atoms with van der Waals surface area (Å²) in [5.41, 5.74) is 0.433. The van der Waals surface area contributed by atoms with Crippen LogP contribution >= 0.6 is 11.3 Å². The lowest BCUT2D eigenvalue weighted by molar-refractivity contribution is -0.134. The van der Waals surface area contributed by atoms with Crippen LogP contribution in [0.2, 0.25) is 0 Å². The Morgan fingerprint density at radius 3 is 2.73 bits per heavy atom. The maximum Gasteiger partial charge on any atom is 0.425 e. The van der Waals surface area contributed by atoms with Crippen molar-refractivity contribution in [1.29, 1.82) is 0 Å². The number of hydrogen-bond donors (Lipinski definition) is 1. The second-order valence-electron chi connectivity index (χ2n) is 2.74. The molecule has 2 nitrogen and oxygen atoms in total. The van der Waals surface area contributed by atoms with Gasteiger partial charge in [0.2, 0.25) is 5.91 Å². The van der Waals surface area contributed by atoms with Crippen molar-refractivity contribution in [1.82, 2.24) is 5.32 Å². The summed E-state index contributed by atoms with van der Waals surface area (Å²) in [6.45, 7) is 3.31. The largest absolute Gasteiger partial charge is 0.425 e. The van der Waals surface area contributed by atoms with Gasteiger partial charge in [-0.2, -0.15) is 13.2 Å². The number of nitrogens with one attached hydrogen (secondary N) is 1. The van der Waals surface area contributed by atoms with Gasteiger partial charge in [-0.15, -0.1) is 11.3 Å². The molecule has 0 atom stereocenters. The Morgan fingerprint density at radius 1 is 1.60 bits per heavy atom. The SMILES string of the molecule is C=CC(=O)NCc1csc(C(F)(F)F)c1. The lowest BCUT2D eigenvalue weighted by Gasteiger charge is -2.01. The topological polar surface area (TPSA) is 29.1 Å². The van der Waals surface area contributed by atoms with E-state index < -0.39 is 17.0 Å². The Bertz CT molecular complexity index is 370. The molecule has 0 unspecified atom stereocenters. The van der Waals surface area contributed by atoms with Crippen LogP contribution < -0.4 is 5.32 Å². The molecule has 82 valence electrons. The van der Waals surface area contributed by atoms with Crippen LogP contribution in [0.25, 0.3) is 0 Å². The highest BCUT2D eigenvalue weighted by Gasteiger charge is 2.32. The van der Waals surface area contributed by atoms with Crippen LogP contribution in [0.1, 0.15) is 10.4 Å². The lowest BCUT2D eigenvalue weighted by Crippen LogP contribution is -2.19. The van der Waals surface area contributed by atoms with E-state index in [0.29, 0.717) is 16.9 Å². The molecule has 1 aromatic heterocycles. The maximum atomic E-state index is 12.2. The average molecular weight is 235 g/mol. The third-order valence-electron chi connectivity index (χ3n) is 1.59. The Kier molecular flexibility index (Phi) is 3.52. The molecule has 1 aromatic rings. The molecule has 1 N–H and O–H groups in total. The highest BCUT2D eigenvalue weighted by Crippen LogP contribution is 2.33. The van der Waals surface area contributed by atoms with E-state index in [1.165, 1.54) is 5.38 Å². The summed E-state index contributed by atoms with van der Waals surface area (Å²) in [6.07, 6.45) is -3.25. The summed E-state index contributed by atoms with van der Waals surface area (Å²) in [7, 11) is 0. The highest BCUT2D eigenvalue weighted by molar-refractivity contribution is 7.10. The first-order valence-electron chi connectivity index (χ1n) is 3.98. The number of carbonyl (C=O) groups is 1. The van der Waals surface area contributed by atoms with Gasteiger partial charge in [0.05, 0.1) is 0 Å². The first-order valence-corrected chi connectivity index (χ1v) is 4.86. The van der Waals surface area contributed by atoms with Crippen molar-refractivity contribution in [3.8, 4) is 0 Å². The van der Waals surface area contributed by atoms with E-state index >= 15 is 0 Å². The van der Waals surface area contributed by atoms with Crippen molar-refractivity contribution < 1.29 is 18.0 Å². The highest BCUT2D eigenvalue weighted by atomic mass is 32.1.